The topological polar surface area (TPSA) is 62.4 Å². The van der Waals surface area contributed by atoms with Crippen LogP contribution in [0.15, 0.2) is 0 Å². The highest BCUT2D eigenvalue weighted by Crippen LogP contribution is 2.16. The van der Waals surface area contributed by atoms with Gasteiger partial charge in [-0.2, -0.15) is 0 Å². The molecule has 0 fully saturated rings. The van der Waals surface area contributed by atoms with Gasteiger partial charge in [0.15, 0.2) is 0 Å². The quantitative estimate of drug-likeness (QED) is 0.554. The van der Waals surface area contributed by atoms with Gasteiger partial charge in [-0.05, 0) is 41.2 Å². The van der Waals surface area contributed by atoms with E-state index < -0.39 is 5.60 Å². The summed E-state index contributed by atoms with van der Waals surface area (Å²) in [6, 6.07) is 0. The van der Waals surface area contributed by atoms with Gasteiger partial charge in [-0.3, -0.25) is 15.6 Å². The van der Waals surface area contributed by atoms with E-state index in [9.17, 15) is 4.79 Å². The van der Waals surface area contributed by atoms with Crippen LogP contribution in [0.2, 0.25) is 0 Å². The van der Waals surface area contributed by atoms with E-state index in [2.05, 4.69) is 30.0 Å². The Bertz CT molecular complexity index is 240. The van der Waals surface area contributed by atoms with E-state index >= 15 is 0 Å². The highest BCUT2D eigenvalue weighted by Gasteiger charge is 2.24. The number of carbonyl (C=O) groups excluding carboxylic acids is 1. The number of rotatable bonds is 8. The molecule has 0 aromatic heterocycles. The van der Waals surface area contributed by atoms with Crippen LogP contribution in [0.3, 0.4) is 0 Å². The van der Waals surface area contributed by atoms with Crippen LogP contribution < -0.4 is 16.2 Å². The van der Waals surface area contributed by atoms with Crippen molar-refractivity contribution in [3.8, 4) is 0 Å². The fourth-order valence-electron chi connectivity index (χ4n) is 1.51. The van der Waals surface area contributed by atoms with Crippen LogP contribution in [0.5, 0.6) is 0 Å². The largest absolute Gasteiger partial charge is 0.375 e. The van der Waals surface area contributed by atoms with Crippen molar-refractivity contribution in [1.29, 1.82) is 0 Å². The molecule has 0 unspecified atom stereocenters. The predicted molar refractivity (Wildman–Crippen MR) is 69.6 cm³/mol. The Labute approximate surface area is 105 Å². The number of hydrazine groups is 1. The van der Waals surface area contributed by atoms with Gasteiger partial charge < -0.3 is 10.1 Å². The molecule has 0 spiro atoms. The van der Waals surface area contributed by atoms with Crippen LogP contribution in [0, 0.1) is 0 Å². The molecule has 0 aromatic rings. The fourth-order valence-corrected chi connectivity index (χ4v) is 1.51. The normalized spacial score (nSPS) is 12.6. The van der Waals surface area contributed by atoms with Gasteiger partial charge in [-0.15, -0.1) is 0 Å². The van der Waals surface area contributed by atoms with Gasteiger partial charge in [0.05, 0.1) is 12.0 Å². The molecule has 102 valence electrons. The van der Waals surface area contributed by atoms with Gasteiger partial charge in [-0.25, -0.2) is 0 Å². The molecule has 0 rings (SSSR count). The first-order chi connectivity index (χ1) is 7.72. The van der Waals surface area contributed by atoms with E-state index in [1.54, 1.807) is 7.05 Å². The molecule has 0 aromatic carbocycles. The molecule has 0 saturated heterocycles. The van der Waals surface area contributed by atoms with Crippen LogP contribution in [0.25, 0.3) is 0 Å². The fraction of sp³-hybridized carbons (Fsp3) is 0.917. The van der Waals surface area contributed by atoms with Crippen molar-refractivity contribution in [2.45, 2.75) is 51.7 Å². The summed E-state index contributed by atoms with van der Waals surface area (Å²) >= 11 is 0. The Kier molecular flexibility index (Phi) is 6.67. The first kappa shape index (κ1) is 16.4. The van der Waals surface area contributed by atoms with Gasteiger partial charge in [0.2, 0.25) is 5.91 Å². The molecule has 3 N–H and O–H groups in total. The molecule has 0 saturated carbocycles. The van der Waals surface area contributed by atoms with E-state index in [0.717, 1.165) is 6.42 Å². The molecule has 0 aliphatic heterocycles. The van der Waals surface area contributed by atoms with Gasteiger partial charge >= 0.3 is 0 Å². The molecule has 0 radical (unpaired) electrons. The Morgan fingerprint density at radius 2 is 1.76 bits per heavy atom. The number of amides is 1. The lowest BCUT2D eigenvalue weighted by atomic mass is 10.0. The van der Waals surface area contributed by atoms with Gasteiger partial charge in [0.25, 0.3) is 0 Å². The third kappa shape index (κ3) is 8.12. The van der Waals surface area contributed by atoms with Crippen molar-refractivity contribution >= 4 is 5.91 Å². The zero-order valence-electron chi connectivity index (χ0n) is 11.9. The zero-order chi connectivity index (χ0) is 13.5. The summed E-state index contributed by atoms with van der Waals surface area (Å²) < 4.78 is 5.76. The first-order valence-electron chi connectivity index (χ1n) is 6.01. The Morgan fingerprint density at radius 1 is 1.18 bits per heavy atom. The minimum atomic E-state index is -0.421. The van der Waals surface area contributed by atoms with E-state index in [1.165, 1.54) is 0 Å². The zero-order valence-corrected chi connectivity index (χ0v) is 11.9. The Balaban J connectivity index is 3.98. The van der Waals surface area contributed by atoms with Crippen LogP contribution >= 0.6 is 0 Å². The van der Waals surface area contributed by atoms with Crippen LogP contribution in [-0.4, -0.2) is 37.7 Å². The van der Waals surface area contributed by atoms with Crippen LogP contribution in [-0.2, 0) is 9.53 Å². The smallest absolute Gasteiger partial charge is 0.222 e. The molecule has 0 atom stereocenters. The minimum Gasteiger partial charge on any atom is -0.375 e. The SMILES string of the molecule is CNNC(C)(C)CCOC(C)(C)CC(=O)NC. The summed E-state index contributed by atoms with van der Waals surface area (Å²) in [5.41, 5.74) is 5.63. The molecule has 17 heavy (non-hydrogen) atoms. The molecular weight excluding hydrogens is 218 g/mol. The van der Waals surface area contributed by atoms with Gasteiger partial charge in [0.1, 0.15) is 0 Å². The molecule has 5 heteroatoms. The van der Waals surface area contributed by atoms with Crippen LogP contribution in [0.1, 0.15) is 40.5 Å². The molecule has 0 heterocycles. The van der Waals surface area contributed by atoms with Crippen molar-refractivity contribution in [1.82, 2.24) is 16.2 Å². The van der Waals surface area contributed by atoms with Crippen molar-refractivity contribution in [2.24, 2.45) is 0 Å². The minimum absolute atomic E-state index is 0.00242. The molecule has 0 aliphatic carbocycles. The summed E-state index contributed by atoms with van der Waals surface area (Å²) in [5.74, 6) is 0.00242. The standard InChI is InChI=1S/C12H27N3O2/c1-11(2,15-14-6)7-8-17-12(3,4)9-10(16)13-5/h14-15H,7-9H2,1-6H3,(H,13,16). The van der Waals surface area contributed by atoms with E-state index in [1.807, 2.05) is 20.9 Å². The molecule has 1 amide bonds. The molecular formula is C12H27N3O2. The number of ether oxygens (including phenoxy) is 1. The maximum atomic E-state index is 11.3. The summed E-state index contributed by atoms with van der Waals surface area (Å²) in [4.78, 5) is 11.3. The molecule has 5 nitrogen and oxygen atoms in total. The second kappa shape index (κ2) is 6.93. The van der Waals surface area contributed by atoms with Crippen molar-refractivity contribution in [3.63, 3.8) is 0 Å². The number of nitrogens with one attached hydrogen (secondary N) is 3. The molecule has 0 aliphatic rings. The predicted octanol–water partition coefficient (Wildman–Crippen LogP) is 0.810. The maximum absolute atomic E-state index is 11.3. The third-order valence-corrected chi connectivity index (χ3v) is 2.55. The van der Waals surface area contributed by atoms with Crippen molar-refractivity contribution in [2.75, 3.05) is 20.7 Å². The average Bonchev–Trinajstić information content (AvgIpc) is 2.15. The average molecular weight is 245 g/mol. The van der Waals surface area contributed by atoms with Crippen molar-refractivity contribution < 1.29 is 9.53 Å². The summed E-state index contributed by atoms with van der Waals surface area (Å²) in [6.45, 7) is 8.67. The lowest BCUT2D eigenvalue weighted by Gasteiger charge is -2.29. The second-order valence-corrected chi connectivity index (χ2v) is 5.47. The third-order valence-electron chi connectivity index (χ3n) is 2.55. The number of hydrogen-bond acceptors (Lipinski definition) is 4. The van der Waals surface area contributed by atoms with Gasteiger partial charge in [-0.1, -0.05) is 0 Å². The van der Waals surface area contributed by atoms with E-state index in [0.29, 0.717) is 13.0 Å². The monoisotopic (exact) mass is 245 g/mol. The summed E-state index contributed by atoms with van der Waals surface area (Å²) in [6.07, 6.45) is 1.24. The first-order valence-corrected chi connectivity index (χ1v) is 6.01. The highest BCUT2D eigenvalue weighted by molar-refractivity contribution is 5.76. The maximum Gasteiger partial charge on any atom is 0.222 e. The number of hydrogen-bond donors (Lipinski definition) is 3. The molecule has 0 bridgehead atoms. The lowest BCUT2D eigenvalue weighted by Crippen LogP contribution is -2.47. The number of carbonyl (C=O) groups is 1. The Morgan fingerprint density at radius 3 is 2.24 bits per heavy atom. The van der Waals surface area contributed by atoms with Crippen molar-refractivity contribution in [3.05, 3.63) is 0 Å². The van der Waals surface area contributed by atoms with E-state index in [-0.39, 0.29) is 11.4 Å². The highest BCUT2D eigenvalue weighted by atomic mass is 16.5. The lowest BCUT2D eigenvalue weighted by molar-refractivity contribution is -0.127. The van der Waals surface area contributed by atoms with Crippen LogP contribution in [0.4, 0.5) is 0 Å². The Hall–Kier alpha value is -0.650. The second-order valence-electron chi connectivity index (χ2n) is 5.47. The summed E-state index contributed by atoms with van der Waals surface area (Å²) in [5, 5.41) is 2.61. The summed E-state index contributed by atoms with van der Waals surface area (Å²) in [7, 11) is 3.48. The van der Waals surface area contributed by atoms with Gasteiger partial charge in [0, 0.05) is 19.2 Å². The van der Waals surface area contributed by atoms with E-state index in [4.69, 9.17) is 4.74 Å².